The first-order valence-electron chi connectivity index (χ1n) is 9.25. The van der Waals surface area contributed by atoms with Gasteiger partial charge in [-0.2, -0.15) is 5.10 Å². The summed E-state index contributed by atoms with van der Waals surface area (Å²) in [6, 6.07) is 11.7. The highest BCUT2D eigenvalue weighted by molar-refractivity contribution is 9.10. The van der Waals surface area contributed by atoms with Gasteiger partial charge < -0.3 is 10.2 Å². The number of hydrogen-bond donors (Lipinski definition) is 2. The van der Waals surface area contributed by atoms with E-state index in [0.717, 1.165) is 39.9 Å². The highest BCUT2D eigenvalue weighted by Crippen LogP contribution is 2.22. The highest BCUT2D eigenvalue weighted by Gasteiger charge is 2.11. The van der Waals surface area contributed by atoms with Crippen LogP contribution < -0.4 is 15.6 Å². The Bertz CT molecular complexity index is 844. The molecule has 0 radical (unpaired) electrons. The Morgan fingerprint density at radius 3 is 2.56 bits per heavy atom. The van der Waals surface area contributed by atoms with Gasteiger partial charge in [-0.1, -0.05) is 22.0 Å². The Balaban J connectivity index is 1.57. The van der Waals surface area contributed by atoms with Crippen molar-refractivity contribution in [1.82, 2.24) is 5.43 Å². The number of halogens is 1. The highest BCUT2D eigenvalue weighted by atomic mass is 79.9. The molecule has 0 spiro atoms. The van der Waals surface area contributed by atoms with Crippen molar-refractivity contribution in [3.05, 3.63) is 57.6 Å². The van der Waals surface area contributed by atoms with Crippen molar-refractivity contribution < 1.29 is 4.79 Å². The van der Waals surface area contributed by atoms with Gasteiger partial charge in [0, 0.05) is 28.9 Å². The summed E-state index contributed by atoms with van der Waals surface area (Å²) < 4.78 is 1.01. The molecule has 1 aliphatic rings. The largest absolute Gasteiger partial charge is 0.372 e. The Labute approximate surface area is 169 Å². The Morgan fingerprint density at radius 2 is 1.85 bits per heavy atom. The third-order valence-electron chi connectivity index (χ3n) is 4.76. The van der Waals surface area contributed by atoms with E-state index >= 15 is 0 Å². The van der Waals surface area contributed by atoms with Crippen LogP contribution in [0.5, 0.6) is 0 Å². The van der Waals surface area contributed by atoms with Crippen LogP contribution in [0.15, 0.2) is 46.0 Å². The average molecular weight is 429 g/mol. The van der Waals surface area contributed by atoms with Gasteiger partial charge in [0.25, 0.3) is 0 Å². The van der Waals surface area contributed by atoms with Gasteiger partial charge in [0.1, 0.15) is 0 Å². The van der Waals surface area contributed by atoms with Gasteiger partial charge in [-0.15, -0.1) is 0 Å². The number of anilines is 2. The van der Waals surface area contributed by atoms with E-state index in [4.69, 9.17) is 0 Å². The normalized spacial score (nSPS) is 14.4. The van der Waals surface area contributed by atoms with Crippen molar-refractivity contribution in [2.75, 3.05) is 23.3 Å². The van der Waals surface area contributed by atoms with E-state index < -0.39 is 0 Å². The number of nitrogens with one attached hydrogen (secondary N) is 2. The minimum Gasteiger partial charge on any atom is -0.372 e. The summed E-state index contributed by atoms with van der Waals surface area (Å²) >= 11 is 3.45. The number of nitrogens with zero attached hydrogens (tertiary/aromatic N) is 2. The predicted molar refractivity (Wildman–Crippen MR) is 116 cm³/mol. The third kappa shape index (κ3) is 5.32. The van der Waals surface area contributed by atoms with Crippen LogP contribution in [0.1, 0.15) is 36.0 Å². The number of hydrazone groups is 1. The maximum atomic E-state index is 12.0. The zero-order valence-corrected chi connectivity index (χ0v) is 17.3. The van der Waals surface area contributed by atoms with Crippen molar-refractivity contribution in [3.63, 3.8) is 0 Å². The number of aryl methyl sites for hydroxylation is 2. The lowest BCUT2D eigenvalue weighted by atomic mass is 10.1. The molecule has 1 fully saturated rings. The van der Waals surface area contributed by atoms with Gasteiger partial charge in [0.2, 0.25) is 0 Å². The Hall–Kier alpha value is -2.34. The molecule has 0 atom stereocenters. The molecule has 2 aromatic rings. The topological polar surface area (TPSA) is 56.7 Å². The van der Waals surface area contributed by atoms with Crippen molar-refractivity contribution in [1.29, 1.82) is 0 Å². The molecule has 0 aromatic heterocycles. The van der Waals surface area contributed by atoms with Gasteiger partial charge in [0.15, 0.2) is 0 Å². The zero-order valence-electron chi connectivity index (χ0n) is 15.8. The molecule has 27 heavy (non-hydrogen) atoms. The van der Waals surface area contributed by atoms with Crippen LogP contribution in [-0.2, 0) is 0 Å². The third-order valence-corrected chi connectivity index (χ3v) is 5.65. The first-order valence-corrected chi connectivity index (χ1v) is 10.0. The van der Waals surface area contributed by atoms with E-state index in [0.29, 0.717) is 0 Å². The number of rotatable bonds is 4. The summed E-state index contributed by atoms with van der Waals surface area (Å²) in [5, 5.41) is 6.84. The lowest BCUT2D eigenvalue weighted by Gasteiger charge is -2.29. The van der Waals surface area contributed by atoms with Gasteiger partial charge in [-0.3, -0.25) is 0 Å². The number of piperidine rings is 1. The van der Waals surface area contributed by atoms with Crippen LogP contribution in [0.25, 0.3) is 0 Å². The monoisotopic (exact) mass is 428 g/mol. The summed E-state index contributed by atoms with van der Waals surface area (Å²) in [5.41, 5.74) is 7.71. The second kappa shape index (κ2) is 9.04. The second-order valence-corrected chi connectivity index (χ2v) is 7.73. The maximum Gasteiger partial charge on any atom is 0.339 e. The van der Waals surface area contributed by atoms with Crippen molar-refractivity contribution in [2.45, 2.75) is 33.1 Å². The quantitative estimate of drug-likeness (QED) is 0.518. The van der Waals surface area contributed by atoms with Crippen molar-refractivity contribution in [3.8, 4) is 0 Å². The van der Waals surface area contributed by atoms with E-state index in [2.05, 4.69) is 61.8 Å². The number of carbonyl (C=O) groups is 1. The fourth-order valence-electron chi connectivity index (χ4n) is 3.20. The lowest BCUT2D eigenvalue weighted by molar-refractivity contribution is 0.252. The molecule has 2 amide bonds. The van der Waals surface area contributed by atoms with E-state index in [9.17, 15) is 4.79 Å². The lowest BCUT2D eigenvalue weighted by Crippen LogP contribution is -2.29. The number of carbonyl (C=O) groups excluding carboxylic acids is 1. The van der Waals surface area contributed by atoms with Gasteiger partial charge in [-0.05, 0) is 80.1 Å². The molecule has 0 saturated carbocycles. The minimum atomic E-state index is -0.365. The molecule has 6 heteroatoms. The van der Waals surface area contributed by atoms with Gasteiger partial charge in [0.05, 0.1) is 6.21 Å². The van der Waals surface area contributed by atoms with E-state index in [1.165, 1.54) is 24.9 Å². The average Bonchev–Trinajstić information content (AvgIpc) is 2.67. The van der Waals surface area contributed by atoms with E-state index in [-0.39, 0.29) is 6.03 Å². The maximum absolute atomic E-state index is 12.0. The number of amides is 2. The summed E-state index contributed by atoms with van der Waals surface area (Å²) in [6.07, 6.45) is 5.54. The molecule has 5 nitrogen and oxygen atoms in total. The van der Waals surface area contributed by atoms with Crippen LogP contribution in [0.3, 0.4) is 0 Å². The van der Waals surface area contributed by atoms with Gasteiger partial charge in [-0.25, -0.2) is 10.2 Å². The summed E-state index contributed by atoms with van der Waals surface area (Å²) in [4.78, 5) is 14.4. The zero-order chi connectivity index (χ0) is 19.2. The molecular weight excluding hydrogens is 404 g/mol. The number of benzene rings is 2. The van der Waals surface area contributed by atoms with E-state index in [1.807, 2.05) is 25.1 Å². The van der Waals surface area contributed by atoms with Crippen LogP contribution >= 0.6 is 15.9 Å². The van der Waals surface area contributed by atoms with Crippen molar-refractivity contribution in [2.24, 2.45) is 5.10 Å². The first kappa shape index (κ1) is 19.4. The fraction of sp³-hybridized carbons (Fsp3) is 0.333. The smallest absolute Gasteiger partial charge is 0.339 e. The van der Waals surface area contributed by atoms with Crippen LogP contribution in [0, 0.1) is 13.8 Å². The number of hydrogen-bond acceptors (Lipinski definition) is 3. The molecule has 1 heterocycles. The Kier molecular flexibility index (Phi) is 6.50. The molecule has 3 rings (SSSR count). The van der Waals surface area contributed by atoms with Crippen LogP contribution in [0.2, 0.25) is 0 Å². The number of urea groups is 1. The molecule has 0 unspecified atom stereocenters. The standard InChI is InChI=1S/C21H25BrN4O/c1-15-13-19(26-10-4-3-5-11-26)8-6-17(15)14-23-25-21(27)24-18-7-9-20(22)16(2)12-18/h6-9,12-14H,3-5,10-11H2,1-2H3,(H2,24,25,27)/b23-14+. The molecule has 2 N–H and O–H groups in total. The molecule has 142 valence electrons. The minimum absolute atomic E-state index is 0.365. The molecule has 2 aromatic carbocycles. The molecule has 0 bridgehead atoms. The SMILES string of the molecule is Cc1cc(NC(=O)N/N=C/c2ccc(N3CCCCC3)cc2C)ccc1Br. The molecular formula is C21H25BrN4O. The second-order valence-electron chi connectivity index (χ2n) is 6.88. The molecule has 1 saturated heterocycles. The van der Waals surface area contributed by atoms with Gasteiger partial charge >= 0.3 is 6.03 Å². The van der Waals surface area contributed by atoms with E-state index in [1.54, 1.807) is 6.21 Å². The van der Waals surface area contributed by atoms with Crippen LogP contribution in [-0.4, -0.2) is 25.3 Å². The molecule has 0 aliphatic carbocycles. The molecule has 1 aliphatic heterocycles. The Morgan fingerprint density at radius 1 is 1.07 bits per heavy atom. The first-order chi connectivity index (χ1) is 13.0. The fourth-order valence-corrected chi connectivity index (χ4v) is 3.44. The summed E-state index contributed by atoms with van der Waals surface area (Å²) in [6.45, 7) is 6.30. The summed E-state index contributed by atoms with van der Waals surface area (Å²) in [5.74, 6) is 0. The predicted octanol–water partition coefficient (Wildman–Crippen LogP) is 5.21. The van der Waals surface area contributed by atoms with Crippen LogP contribution in [0.4, 0.5) is 16.2 Å². The van der Waals surface area contributed by atoms with Crippen molar-refractivity contribution >= 4 is 39.6 Å². The summed E-state index contributed by atoms with van der Waals surface area (Å²) in [7, 11) is 0.